The van der Waals surface area contributed by atoms with Crippen LogP contribution in [0.4, 0.5) is 0 Å². The van der Waals surface area contributed by atoms with Gasteiger partial charge in [0.1, 0.15) is 0 Å². The Bertz CT molecular complexity index is 791. The molecule has 2 aromatic rings. The second-order valence-corrected chi connectivity index (χ2v) is 8.19. The minimum atomic E-state index is -3.95. The Hall–Kier alpha value is -1.25. The van der Waals surface area contributed by atoms with Crippen molar-refractivity contribution in [1.29, 1.82) is 0 Å². The molecule has 0 radical (unpaired) electrons. The number of nitrogens with two attached hydrogens (primary N) is 1. The van der Waals surface area contributed by atoms with Crippen molar-refractivity contribution >= 4 is 26.0 Å². The van der Waals surface area contributed by atoms with Gasteiger partial charge in [-0.2, -0.15) is 0 Å². The van der Waals surface area contributed by atoms with E-state index in [9.17, 15) is 8.42 Å². The summed E-state index contributed by atoms with van der Waals surface area (Å²) in [6.45, 7) is 7.56. The molecule has 6 nitrogen and oxygen atoms in total. The van der Waals surface area contributed by atoms with Crippen LogP contribution in [0.5, 0.6) is 0 Å². The molecule has 1 aromatic heterocycles. The Balaban J connectivity index is 2.83. The van der Waals surface area contributed by atoms with Crippen molar-refractivity contribution in [3.8, 4) is 11.4 Å². The van der Waals surface area contributed by atoms with Crippen molar-refractivity contribution in [3.63, 3.8) is 0 Å². The van der Waals surface area contributed by atoms with Gasteiger partial charge in [-0.1, -0.05) is 22.0 Å². The lowest BCUT2D eigenvalue weighted by Gasteiger charge is -2.24. The Morgan fingerprint density at radius 1 is 1.24 bits per heavy atom. The van der Waals surface area contributed by atoms with Gasteiger partial charge in [-0.3, -0.25) is 4.57 Å². The molecule has 1 heterocycles. The second kappa shape index (κ2) is 5.19. The van der Waals surface area contributed by atoms with Crippen LogP contribution in [0.25, 0.3) is 11.4 Å². The number of halogens is 1. The van der Waals surface area contributed by atoms with Crippen molar-refractivity contribution in [3.05, 3.63) is 28.2 Å². The molecule has 0 saturated carbocycles. The van der Waals surface area contributed by atoms with Crippen LogP contribution >= 0.6 is 15.9 Å². The maximum atomic E-state index is 11.7. The molecule has 0 amide bonds. The van der Waals surface area contributed by atoms with Crippen LogP contribution in [0, 0.1) is 6.92 Å². The Labute approximate surface area is 132 Å². The fraction of sp³-hybridized carbons (Fsp3) is 0.385. The number of aromatic nitrogens is 3. The summed E-state index contributed by atoms with van der Waals surface area (Å²) < 4.78 is 25.9. The van der Waals surface area contributed by atoms with Crippen molar-refractivity contribution in [2.24, 2.45) is 5.14 Å². The third-order valence-corrected chi connectivity index (χ3v) is 4.27. The first kappa shape index (κ1) is 16.1. The number of aryl methyl sites for hydroxylation is 1. The number of hydrogen-bond acceptors (Lipinski definition) is 4. The first-order valence-electron chi connectivity index (χ1n) is 6.27. The van der Waals surface area contributed by atoms with Gasteiger partial charge in [0.25, 0.3) is 15.2 Å². The first-order valence-corrected chi connectivity index (χ1v) is 8.61. The third-order valence-electron chi connectivity index (χ3n) is 3.00. The number of hydrogen-bond donors (Lipinski definition) is 1. The quantitative estimate of drug-likeness (QED) is 0.875. The monoisotopic (exact) mass is 372 g/mol. The number of benzene rings is 1. The molecular formula is C13H17BrN4O2S. The predicted octanol–water partition coefficient (Wildman–Crippen LogP) is 2.42. The van der Waals surface area contributed by atoms with Gasteiger partial charge in [-0.05, 0) is 45.4 Å². The average molecular weight is 373 g/mol. The SMILES string of the molecule is Cc1ccc(Br)cc1-c1nnc(S(N)(=O)=O)n1C(C)(C)C. The molecule has 0 unspecified atom stereocenters. The lowest BCUT2D eigenvalue weighted by molar-refractivity contribution is 0.366. The molecule has 0 fully saturated rings. The smallest absolute Gasteiger partial charge is 0.273 e. The van der Waals surface area contributed by atoms with Crippen LogP contribution in [0.1, 0.15) is 26.3 Å². The van der Waals surface area contributed by atoms with Gasteiger partial charge in [0.2, 0.25) is 0 Å². The zero-order valence-electron chi connectivity index (χ0n) is 12.3. The Kier molecular flexibility index (Phi) is 3.98. The van der Waals surface area contributed by atoms with Gasteiger partial charge in [0, 0.05) is 15.6 Å². The molecule has 0 aliphatic heterocycles. The van der Waals surface area contributed by atoms with Crippen molar-refractivity contribution in [2.45, 2.75) is 38.4 Å². The standard InChI is InChI=1S/C13H17BrN4O2S/c1-8-5-6-9(14)7-10(8)11-16-17-12(21(15,19)20)18(11)13(2,3)4/h5-7H,1-4H3,(H2,15,19,20). The van der Waals surface area contributed by atoms with E-state index < -0.39 is 15.6 Å². The van der Waals surface area contributed by atoms with Crippen LogP contribution in [0.15, 0.2) is 27.8 Å². The molecule has 2 rings (SSSR count). The summed E-state index contributed by atoms with van der Waals surface area (Å²) in [5.74, 6) is 0.477. The van der Waals surface area contributed by atoms with E-state index in [0.717, 1.165) is 15.6 Å². The third kappa shape index (κ3) is 3.17. The van der Waals surface area contributed by atoms with Gasteiger partial charge in [-0.15, -0.1) is 10.2 Å². The average Bonchev–Trinajstić information content (AvgIpc) is 2.76. The summed E-state index contributed by atoms with van der Waals surface area (Å²) in [5, 5.41) is 12.9. The summed E-state index contributed by atoms with van der Waals surface area (Å²) in [6.07, 6.45) is 0. The Morgan fingerprint density at radius 2 is 1.86 bits per heavy atom. The highest BCUT2D eigenvalue weighted by molar-refractivity contribution is 9.10. The summed E-state index contributed by atoms with van der Waals surface area (Å²) in [4.78, 5) is 0. The van der Waals surface area contributed by atoms with Crippen LogP contribution in [-0.4, -0.2) is 23.2 Å². The molecule has 1 aromatic carbocycles. The molecule has 2 N–H and O–H groups in total. The lowest BCUT2D eigenvalue weighted by atomic mass is 10.1. The van der Waals surface area contributed by atoms with Crippen LogP contribution in [0.2, 0.25) is 0 Å². The number of nitrogens with zero attached hydrogens (tertiary/aromatic N) is 3. The van der Waals surface area contributed by atoms with Gasteiger partial charge in [-0.25, -0.2) is 13.6 Å². The summed E-state index contributed by atoms with van der Waals surface area (Å²) in [6, 6.07) is 5.73. The molecular weight excluding hydrogens is 356 g/mol. The van der Waals surface area contributed by atoms with E-state index >= 15 is 0 Å². The zero-order chi connectivity index (χ0) is 16.0. The van der Waals surface area contributed by atoms with Gasteiger partial charge < -0.3 is 0 Å². The molecule has 21 heavy (non-hydrogen) atoms. The highest BCUT2D eigenvalue weighted by Crippen LogP contribution is 2.31. The maximum absolute atomic E-state index is 11.7. The molecule has 0 aliphatic rings. The minimum absolute atomic E-state index is 0.232. The van der Waals surface area contributed by atoms with Crippen molar-refractivity contribution < 1.29 is 8.42 Å². The molecule has 0 atom stereocenters. The van der Waals surface area contributed by atoms with Gasteiger partial charge in [0.05, 0.1) is 0 Å². The molecule has 0 aliphatic carbocycles. The van der Waals surface area contributed by atoms with Crippen LogP contribution in [-0.2, 0) is 15.6 Å². The molecule has 0 bridgehead atoms. The normalized spacial score (nSPS) is 12.7. The topological polar surface area (TPSA) is 90.9 Å². The number of primary sulfonamides is 1. The summed E-state index contributed by atoms with van der Waals surface area (Å²) in [5.41, 5.74) is 1.24. The lowest BCUT2D eigenvalue weighted by Crippen LogP contribution is -2.29. The number of sulfonamides is 1. The Morgan fingerprint density at radius 3 is 2.38 bits per heavy atom. The van der Waals surface area contributed by atoms with E-state index in [1.807, 2.05) is 45.9 Å². The summed E-state index contributed by atoms with van der Waals surface area (Å²) >= 11 is 3.41. The van der Waals surface area contributed by atoms with E-state index in [2.05, 4.69) is 26.1 Å². The maximum Gasteiger partial charge on any atom is 0.273 e. The van der Waals surface area contributed by atoms with Gasteiger partial charge >= 0.3 is 0 Å². The van der Waals surface area contributed by atoms with Crippen molar-refractivity contribution in [1.82, 2.24) is 14.8 Å². The zero-order valence-corrected chi connectivity index (χ0v) is 14.7. The fourth-order valence-corrected chi connectivity index (χ4v) is 3.20. The first-order chi connectivity index (χ1) is 9.51. The summed E-state index contributed by atoms with van der Waals surface area (Å²) in [7, 11) is -3.95. The molecule has 114 valence electrons. The van der Waals surface area contributed by atoms with E-state index in [-0.39, 0.29) is 5.16 Å². The van der Waals surface area contributed by atoms with Gasteiger partial charge in [0.15, 0.2) is 5.82 Å². The highest BCUT2D eigenvalue weighted by atomic mass is 79.9. The fourth-order valence-electron chi connectivity index (χ4n) is 2.07. The second-order valence-electron chi connectivity index (χ2n) is 5.82. The van der Waals surface area contributed by atoms with E-state index in [4.69, 9.17) is 5.14 Å². The van der Waals surface area contributed by atoms with E-state index in [1.165, 1.54) is 0 Å². The largest absolute Gasteiger partial charge is 0.291 e. The van der Waals surface area contributed by atoms with E-state index in [0.29, 0.717) is 5.82 Å². The molecule has 0 spiro atoms. The number of rotatable bonds is 2. The minimum Gasteiger partial charge on any atom is -0.291 e. The highest BCUT2D eigenvalue weighted by Gasteiger charge is 2.29. The van der Waals surface area contributed by atoms with E-state index in [1.54, 1.807) is 4.57 Å². The molecule has 8 heteroatoms. The van der Waals surface area contributed by atoms with Crippen LogP contribution in [0.3, 0.4) is 0 Å². The van der Waals surface area contributed by atoms with Crippen LogP contribution < -0.4 is 5.14 Å². The van der Waals surface area contributed by atoms with Crippen molar-refractivity contribution in [2.75, 3.05) is 0 Å². The predicted molar refractivity (Wildman–Crippen MR) is 84.3 cm³/mol. The molecule has 0 saturated heterocycles.